The van der Waals surface area contributed by atoms with E-state index in [1.54, 1.807) is 14.2 Å². The Morgan fingerprint density at radius 1 is 1.20 bits per heavy atom. The Hall–Kier alpha value is -0.870. The van der Waals surface area contributed by atoms with Crippen LogP contribution in [0.1, 0.15) is 31.2 Å². The van der Waals surface area contributed by atoms with Crippen LogP contribution in [0.4, 0.5) is 0 Å². The van der Waals surface area contributed by atoms with Gasteiger partial charge >= 0.3 is 0 Å². The molecule has 1 aliphatic carbocycles. The zero-order valence-electron chi connectivity index (χ0n) is 12.7. The van der Waals surface area contributed by atoms with E-state index in [9.17, 15) is 0 Å². The van der Waals surface area contributed by atoms with Crippen molar-refractivity contribution in [2.24, 2.45) is 0 Å². The third-order valence-electron chi connectivity index (χ3n) is 4.20. The molecule has 1 aliphatic rings. The van der Waals surface area contributed by atoms with Gasteiger partial charge in [-0.2, -0.15) is 11.8 Å². The maximum atomic E-state index is 5.42. The van der Waals surface area contributed by atoms with E-state index in [-0.39, 0.29) is 0 Å². The minimum Gasteiger partial charge on any atom is -0.497 e. The fourth-order valence-electron chi connectivity index (χ4n) is 2.92. The lowest BCUT2D eigenvalue weighted by Gasteiger charge is -2.27. The average Bonchev–Trinajstić information content (AvgIpc) is 2.96. The molecule has 20 heavy (non-hydrogen) atoms. The molecule has 1 fully saturated rings. The molecule has 4 heteroatoms. The van der Waals surface area contributed by atoms with Gasteiger partial charge in [0.05, 0.1) is 14.2 Å². The molecular formula is C16H25NO2S. The van der Waals surface area contributed by atoms with Crippen molar-refractivity contribution < 1.29 is 9.47 Å². The highest BCUT2D eigenvalue weighted by atomic mass is 32.2. The van der Waals surface area contributed by atoms with Crippen molar-refractivity contribution in [1.82, 2.24) is 5.32 Å². The van der Waals surface area contributed by atoms with Crippen LogP contribution < -0.4 is 14.8 Å². The molecule has 0 heterocycles. The number of rotatable bonds is 7. The second-order valence-corrected chi connectivity index (χ2v) is 6.65. The fourth-order valence-corrected chi connectivity index (χ4v) is 3.86. The highest BCUT2D eigenvalue weighted by molar-refractivity contribution is 8.00. The Labute approximate surface area is 126 Å². The normalized spacial score (nSPS) is 17.1. The van der Waals surface area contributed by atoms with Gasteiger partial charge in [0.25, 0.3) is 0 Å². The van der Waals surface area contributed by atoms with Crippen molar-refractivity contribution in [3.8, 4) is 11.5 Å². The Balaban J connectivity index is 1.96. The van der Waals surface area contributed by atoms with Gasteiger partial charge in [-0.15, -0.1) is 0 Å². The van der Waals surface area contributed by atoms with Crippen LogP contribution in [-0.4, -0.2) is 31.8 Å². The molecule has 0 amide bonds. The lowest BCUT2D eigenvalue weighted by atomic mass is 10.1. The Bertz CT molecular complexity index is 430. The van der Waals surface area contributed by atoms with Crippen LogP contribution in [0.5, 0.6) is 11.5 Å². The van der Waals surface area contributed by atoms with Crippen molar-refractivity contribution >= 4 is 11.8 Å². The van der Waals surface area contributed by atoms with E-state index in [0.717, 1.165) is 30.2 Å². The van der Waals surface area contributed by atoms with Crippen molar-refractivity contribution in [2.75, 3.05) is 27.0 Å². The van der Waals surface area contributed by atoms with E-state index < -0.39 is 0 Å². The predicted octanol–water partition coefficient (Wildman–Crippen LogP) is 3.47. The van der Waals surface area contributed by atoms with Crippen LogP contribution in [0.2, 0.25) is 0 Å². The summed E-state index contributed by atoms with van der Waals surface area (Å²) in [5, 5.41) is 3.61. The highest BCUT2D eigenvalue weighted by Crippen LogP contribution is 2.39. The average molecular weight is 295 g/mol. The van der Waals surface area contributed by atoms with Gasteiger partial charge in [-0.1, -0.05) is 12.8 Å². The van der Waals surface area contributed by atoms with Crippen LogP contribution in [0.15, 0.2) is 18.2 Å². The smallest absolute Gasteiger partial charge is 0.123 e. The standard InChI is InChI=1S/C16H25NO2S/c1-18-14-6-7-15(19-2)13(10-14)11-17-12-16(20-3)8-4-5-9-16/h6-7,10,17H,4-5,8-9,11-12H2,1-3H3. The third-order valence-corrected chi connectivity index (χ3v) is 5.62. The zero-order chi connectivity index (χ0) is 14.4. The molecular weight excluding hydrogens is 270 g/mol. The lowest BCUT2D eigenvalue weighted by Crippen LogP contribution is -2.34. The molecule has 1 aromatic rings. The van der Waals surface area contributed by atoms with Crippen molar-refractivity contribution in [3.63, 3.8) is 0 Å². The number of thioether (sulfide) groups is 1. The molecule has 1 N–H and O–H groups in total. The summed E-state index contributed by atoms with van der Waals surface area (Å²) in [4.78, 5) is 0. The van der Waals surface area contributed by atoms with Gasteiger partial charge in [-0.25, -0.2) is 0 Å². The van der Waals surface area contributed by atoms with Crippen molar-refractivity contribution in [1.29, 1.82) is 0 Å². The van der Waals surface area contributed by atoms with Gasteiger partial charge in [0.15, 0.2) is 0 Å². The molecule has 0 aromatic heterocycles. The first-order valence-electron chi connectivity index (χ1n) is 7.20. The minimum atomic E-state index is 0.437. The summed E-state index contributed by atoms with van der Waals surface area (Å²) in [5.41, 5.74) is 1.15. The molecule has 112 valence electrons. The maximum absolute atomic E-state index is 5.42. The van der Waals surface area contributed by atoms with Gasteiger partial charge in [0.1, 0.15) is 11.5 Å². The molecule has 0 spiro atoms. The SMILES string of the molecule is COc1ccc(OC)c(CNCC2(SC)CCCC2)c1. The monoisotopic (exact) mass is 295 g/mol. The van der Waals surface area contributed by atoms with Gasteiger partial charge in [-0.05, 0) is 37.3 Å². The predicted molar refractivity (Wildman–Crippen MR) is 86.0 cm³/mol. The zero-order valence-corrected chi connectivity index (χ0v) is 13.5. The number of benzene rings is 1. The molecule has 2 rings (SSSR count). The first-order valence-corrected chi connectivity index (χ1v) is 8.42. The quantitative estimate of drug-likeness (QED) is 0.834. The molecule has 0 bridgehead atoms. The molecule has 1 saturated carbocycles. The molecule has 1 aromatic carbocycles. The van der Waals surface area contributed by atoms with E-state index in [2.05, 4.69) is 11.6 Å². The second kappa shape index (κ2) is 7.23. The summed E-state index contributed by atoms with van der Waals surface area (Å²) >= 11 is 2.01. The summed E-state index contributed by atoms with van der Waals surface area (Å²) in [7, 11) is 3.41. The molecule has 0 radical (unpaired) electrons. The summed E-state index contributed by atoms with van der Waals surface area (Å²) in [6, 6.07) is 5.95. The van der Waals surface area contributed by atoms with Gasteiger partial charge < -0.3 is 14.8 Å². The first-order chi connectivity index (χ1) is 9.73. The van der Waals surface area contributed by atoms with E-state index >= 15 is 0 Å². The Morgan fingerprint density at radius 2 is 1.95 bits per heavy atom. The van der Waals surface area contributed by atoms with E-state index in [4.69, 9.17) is 9.47 Å². The molecule has 0 saturated heterocycles. The largest absolute Gasteiger partial charge is 0.497 e. The van der Waals surface area contributed by atoms with Crippen LogP contribution in [0, 0.1) is 0 Å². The van der Waals surface area contributed by atoms with Gasteiger partial charge in [0.2, 0.25) is 0 Å². The van der Waals surface area contributed by atoms with Gasteiger partial charge in [0, 0.05) is 23.4 Å². The summed E-state index contributed by atoms with van der Waals surface area (Å²) in [6.45, 7) is 1.89. The number of hydrogen-bond acceptors (Lipinski definition) is 4. The summed E-state index contributed by atoms with van der Waals surface area (Å²) in [6.07, 6.45) is 7.63. The molecule has 3 nitrogen and oxygen atoms in total. The lowest BCUT2D eigenvalue weighted by molar-refractivity contribution is 0.396. The molecule has 0 unspecified atom stereocenters. The molecule has 0 aliphatic heterocycles. The van der Waals surface area contributed by atoms with Gasteiger partial charge in [-0.3, -0.25) is 0 Å². The Kier molecular flexibility index (Phi) is 5.61. The number of methoxy groups -OCH3 is 2. The summed E-state index contributed by atoms with van der Waals surface area (Å²) in [5.74, 6) is 1.80. The second-order valence-electron chi connectivity index (χ2n) is 5.38. The number of hydrogen-bond donors (Lipinski definition) is 1. The summed E-state index contributed by atoms with van der Waals surface area (Å²) < 4.78 is 11.1. The van der Waals surface area contributed by atoms with Crippen molar-refractivity contribution in [2.45, 2.75) is 37.0 Å². The van der Waals surface area contributed by atoms with Crippen LogP contribution in [0.25, 0.3) is 0 Å². The molecule has 0 atom stereocenters. The third kappa shape index (κ3) is 3.61. The van der Waals surface area contributed by atoms with Crippen LogP contribution >= 0.6 is 11.8 Å². The van der Waals surface area contributed by atoms with Crippen molar-refractivity contribution in [3.05, 3.63) is 23.8 Å². The topological polar surface area (TPSA) is 30.5 Å². The van der Waals surface area contributed by atoms with E-state index in [1.807, 2.05) is 30.0 Å². The first kappa shape index (κ1) is 15.5. The van der Waals surface area contributed by atoms with E-state index in [1.165, 1.54) is 25.7 Å². The Morgan fingerprint density at radius 3 is 2.55 bits per heavy atom. The minimum absolute atomic E-state index is 0.437. The van der Waals surface area contributed by atoms with E-state index in [0.29, 0.717) is 4.75 Å². The van der Waals surface area contributed by atoms with Crippen LogP contribution in [-0.2, 0) is 6.54 Å². The fraction of sp³-hybridized carbons (Fsp3) is 0.625. The number of nitrogens with one attached hydrogen (secondary N) is 1. The number of ether oxygens (including phenoxy) is 2. The maximum Gasteiger partial charge on any atom is 0.123 e. The highest BCUT2D eigenvalue weighted by Gasteiger charge is 2.32. The van der Waals surface area contributed by atoms with Crippen LogP contribution in [0.3, 0.4) is 0 Å².